The van der Waals surface area contributed by atoms with E-state index in [9.17, 15) is 24.0 Å². The standard InChI is InChI=1S/C10H18O5.C7H14O2.2C6H13NO2.CH4/c1-9(2,3)14-7(11)13-8(12)15-10(4,5)6;1-4-6(8)7(9)5(2)3;2*1-3-5(8)6(9)4(2)7;/h1-6H3;5,7,9H,4H2,1-3H3;2*4,6,9H,3,7H2,1-2H3;1H4. The molecule has 0 fully saturated rings. The molecule has 0 aliphatic rings. The van der Waals surface area contributed by atoms with Gasteiger partial charge in [0.2, 0.25) is 0 Å². The first-order chi connectivity index (χ1) is 18.8. The summed E-state index contributed by atoms with van der Waals surface area (Å²) < 4.78 is 13.8. The monoisotopic (exact) mass is 626 g/mol. The fraction of sp³-hybridized carbons (Fsp3) is 0.833. The van der Waals surface area contributed by atoms with Crippen molar-refractivity contribution in [2.24, 2.45) is 17.4 Å². The first kappa shape index (κ1) is 50.2. The summed E-state index contributed by atoms with van der Waals surface area (Å²) in [6, 6.07) is -0.894. The summed E-state index contributed by atoms with van der Waals surface area (Å²) in [6.07, 6.45) is -3.70. The Balaban J connectivity index is -0.000000153. The van der Waals surface area contributed by atoms with Crippen LogP contribution in [0.1, 0.15) is 117 Å². The van der Waals surface area contributed by atoms with Crippen LogP contribution in [0.25, 0.3) is 0 Å². The molecule has 0 aromatic heterocycles. The summed E-state index contributed by atoms with van der Waals surface area (Å²) in [5.74, 6) is -0.391. The Bertz CT molecular complexity index is 711. The van der Waals surface area contributed by atoms with Crippen molar-refractivity contribution in [3.05, 3.63) is 0 Å². The Morgan fingerprint density at radius 3 is 0.930 bits per heavy atom. The second-order valence-corrected chi connectivity index (χ2v) is 11.8. The molecule has 0 aromatic rings. The van der Waals surface area contributed by atoms with Crippen molar-refractivity contribution >= 4 is 29.7 Å². The van der Waals surface area contributed by atoms with E-state index in [1.807, 2.05) is 13.8 Å². The molecule has 0 rings (SSSR count). The maximum absolute atomic E-state index is 11.0. The van der Waals surface area contributed by atoms with Crippen molar-refractivity contribution in [1.29, 1.82) is 0 Å². The number of carbonyl (C=O) groups is 5. The van der Waals surface area contributed by atoms with Crippen LogP contribution in [0.5, 0.6) is 0 Å². The molecule has 0 spiro atoms. The molecule has 5 unspecified atom stereocenters. The molecule has 13 heteroatoms. The quantitative estimate of drug-likeness (QED) is 0.181. The average Bonchev–Trinajstić information content (AvgIpc) is 2.84. The molecule has 0 radical (unpaired) electrons. The van der Waals surface area contributed by atoms with E-state index in [0.717, 1.165) is 0 Å². The minimum Gasteiger partial charge on any atom is -0.428 e. The zero-order valence-corrected chi connectivity index (χ0v) is 27.8. The predicted octanol–water partition coefficient (Wildman–Crippen LogP) is 3.84. The summed E-state index contributed by atoms with van der Waals surface area (Å²) in [5.41, 5.74) is 9.09. The van der Waals surface area contributed by atoms with Crippen molar-refractivity contribution < 1.29 is 53.5 Å². The number of aliphatic hydroxyl groups excluding tert-OH is 3. The van der Waals surface area contributed by atoms with Gasteiger partial charge in [0.05, 0.1) is 0 Å². The molecule has 0 heterocycles. The number of carbonyl (C=O) groups excluding carboxylic acids is 5. The van der Waals surface area contributed by atoms with Gasteiger partial charge < -0.3 is 41.0 Å². The summed E-state index contributed by atoms with van der Waals surface area (Å²) in [6.45, 7) is 22.1. The predicted molar refractivity (Wildman–Crippen MR) is 166 cm³/mol. The zero-order chi connectivity index (χ0) is 34.6. The van der Waals surface area contributed by atoms with Crippen molar-refractivity contribution in [3.63, 3.8) is 0 Å². The van der Waals surface area contributed by atoms with Crippen LogP contribution >= 0.6 is 0 Å². The lowest BCUT2D eigenvalue weighted by atomic mass is 10.0. The van der Waals surface area contributed by atoms with Gasteiger partial charge in [-0.05, 0) is 61.3 Å². The topological polar surface area (TPSA) is 226 Å². The van der Waals surface area contributed by atoms with Gasteiger partial charge in [0.25, 0.3) is 0 Å². The second kappa shape index (κ2) is 24.9. The molecule has 13 nitrogen and oxygen atoms in total. The molecule has 258 valence electrons. The SMILES string of the molecule is C.CC(C)(C)OC(=O)OC(=O)OC(C)(C)C.CCC(=O)C(O)C(C)C.CCC(=O)C(O)C(C)N.CCC(=O)C(O)C(C)N. The first-order valence-electron chi connectivity index (χ1n) is 14.0. The number of aliphatic hydroxyl groups is 3. The Morgan fingerprint density at radius 2 is 0.814 bits per heavy atom. The van der Waals surface area contributed by atoms with E-state index >= 15 is 0 Å². The molecule has 43 heavy (non-hydrogen) atoms. The van der Waals surface area contributed by atoms with Gasteiger partial charge in [0.1, 0.15) is 29.5 Å². The third-order valence-corrected chi connectivity index (χ3v) is 4.61. The van der Waals surface area contributed by atoms with Gasteiger partial charge in [0.15, 0.2) is 17.3 Å². The number of ether oxygens (including phenoxy) is 3. The van der Waals surface area contributed by atoms with Crippen LogP contribution in [0.4, 0.5) is 9.59 Å². The molecule has 0 aliphatic heterocycles. The van der Waals surface area contributed by atoms with Crippen LogP contribution in [0.15, 0.2) is 0 Å². The van der Waals surface area contributed by atoms with E-state index in [1.165, 1.54) is 0 Å². The van der Waals surface area contributed by atoms with Crippen LogP contribution in [0.2, 0.25) is 0 Å². The highest BCUT2D eigenvalue weighted by Crippen LogP contribution is 2.11. The molecule has 0 aliphatic carbocycles. The van der Waals surface area contributed by atoms with Crippen molar-refractivity contribution in [2.45, 2.75) is 158 Å². The highest BCUT2D eigenvalue weighted by molar-refractivity contribution is 5.83. The van der Waals surface area contributed by atoms with Gasteiger partial charge in [-0.25, -0.2) is 9.59 Å². The van der Waals surface area contributed by atoms with Crippen molar-refractivity contribution in [2.75, 3.05) is 0 Å². The molecular formula is C30H62N2O11. The molecule has 7 N–H and O–H groups in total. The van der Waals surface area contributed by atoms with Gasteiger partial charge in [-0.2, -0.15) is 0 Å². The second-order valence-electron chi connectivity index (χ2n) is 11.8. The van der Waals surface area contributed by atoms with Crippen LogP contribution in [-0.2, 0) is 28.6 Å². The zero-order valence-electron chi connectivity index (χ0n) is 27.8. The van der Waals surface area contributed by atoms with Gasteiger partial charge in [-0.15, -0.1) is 0 Å². The highest BCUT2D eigenvalue weighted by atomic mass is 16.8. The van der Waals surface area contributed by atoms with Gasteiger partial charge in [0, 0.05) is 31.3 Å². The fourth-order valence-electron chi connectivity index (χ4n) is 2.20. The Labute approximate surface area is 259 Å². The van der Waals surface area contributed by atoms with Gasteiger partial charge >= 0.3 is 12.3 Å². The summed E-state index contributed by atoms with van der Waals surface area (Å²) in [7, 11) is 0. The number of ketones is 3. The minimum absolute atomic E-state index is 0. The third-order valence-electron chi connectivity index (χ3n) is 4.61. The van der Waals surface area contributed by atoms with Crippen molar-refractivity contribution in [3.8, 4) is 0 Å². The Kier molecular flexibility index (Phi) is 29.1. The Hall–Kier alpha value is -2.45. The van der Waals surface area contributed by atoms with E-state index in [-0.39, 0.29) is 30.7 Å². The van der Waals surface area contributed by atoms with Crippen LogP contribution in [0, 0.1) is 5.92 Å². The number of rotatable bonds is 9. The molecule has 0 amide bonds. The lowest BCUT2D eigenvalue weighted by molar-refractivity contribution is -0.129. The molecule has 0 saturated carbocycles. The van der Waals surface area contributed by atoms with Crippen LogP contribution < -0.4 is 11.5 Å². The Morgan fingerprint density at radius 1 is 0.581 bits per heavy atom. The van der Waals surface area contributed by atoms with E-state index < -0.39 is 53.9 Å². The normalized spacial score (nSPS) is 14.1. The van der Waals surface area contributed by atoms with E-state index in [1.54, 1.807) is 76.2 Å². The van der Waals surface area contributed by atoms with Crippen LogP contribution in [0.3, 0.4) is 0 Å². The highest BCUT2D eigenvalue weighted by Gasteiger charge is 2.24. The summed E-state index contributed by atoms with van der Waals surface area (Å²) >= 11 is 0. The van der Waals surface area contributed by atoms with Crippen LogP contribution in [-0.4, -0.2) is 86.6 Å². The first-order valence-corrected chi connectivity index (χ1v) is 14.0. The number of nitrogens with two attached hydrogens (primary N) is 2. The lowest BCUT2D eigenvalue weighted by Crippen LogP contribution is -2.37. The largest absolute Gasteiger partial charge is 0.519 e. The van der Waals surface area contributed by atoms with E-state index in [2.05, 4.69) is 4.74 Å². The smallest absolute Gasteiger partial charge is 0.428 e. The summed E-state index contributed by atoms with van der Waals surface area (Å²) in [5, 5.41) is 26.9. The minimum atomic E-state index is -1.06. The molecule has 5 atom stereocenters. The summed E-state index contributed by atoms with van der Waals surface area (Å²) in [4.78, 5) is 54.0. The lowest BCUT2D eigenvalue weighted by Gasteiger charge is -2.20. The third kappa shape index (κ3) is 32.3. The fourth-order valence-corrected chi connectivity index (χ4v) is 2.20. The number of hydrogen-bond acceptors (Lipinski definition) is 13. The van der Waals surface area contributed by atoms with Crippen molar-refractivity contribution in [1.82, 2.24) is 0 Å². The molecule has 0 bridgehead atoms. The molecular weight excluding hydrogens is 564 g/mol. The number of Topliss-reactive ketones (excluding diaryl/α,β-unsaturated/α-hetero) is 3. The van der Waals surface area contributed by atoms with E-state index in [4.69, 9.17) is 36.3 Å². The maximum atomic E-state index is 11.0. The average molecular weight is 627 g/mol. The van der Waals surface area contributed by atoms with Gasteiger partial charge in [-0.1, -0.05) is 42.0 Å². The van der Waals surface area contributed by atoms with Gasteiger partial charge in [-0.3, -0.25) is 14.4 Å². The maximum Gasteiger partial charge on any atom is 0.519 e. The molecule has 0 aromatic carbocycles. The van der Waals surface area contributed by atoms with E-state index in [0.29, 0.717) is 19.3 Å². The molecule has 0 saturated heterocycles. The number of hydrogen-bond donors (Lipinski definition) is 5.